The van der Waals surface area contributed by atoms with Crippen LogP contribution in [0.5, 0.6) is 11.5 Å². The molecule has 0 amide bonds. The SMILES string of the molecule is CN1C[C@@H]2c3ccccc3Oc3ccc(Cl)cc3[C@@]2(N)C1. The molecule has 0 radical (unpaired) electrons. The average Bonchev–Trinajstić information content (AvgIpc) is 2.73. The zero-order valence-electron chi connectivity index (χ0n) is 11.8. The number of hydrogen-bond donors (Lipinski definition) is 1. The Bertz CT molecular complexity index is 718. The zero-order chi connectivity index (χ0) is 14.6. The first-order valence-corrected chi connectivity index (χ1v) is 7.50. The van der Waals surface area contributed by atoms with Gasteiger partial charge in [-0.3, -0.25) is 0 Å². The number of likely N-dealkylation sites (N-methyl/N-ethyl adjacent to an activating group) is 1. The molecule has 0 bridgehead atoms. The maximum atomic E-state index is 6.87. The van der Waals surface area contributed by atoms with Crippen molar-refractivity contribution in [2.45, 2.75) is 11.5 Å². The van der Waals surface area contributed by atoms with E-state index in [1.807, 2.05) is 36.4 Å². The minimum atomic E-state index is -0.471. The number of nitrogens with zero attached hydrogens (tertiary/aromatic N) is 1. The first kappa shape index (κ1) is 13.1. The van der Waals surface area contributed by atoms with Gasteiger partial charge in [-0.05, 0) is 31.3 Å². The van der Waals surface area contributed by atoms with E-state index in [2.05, 4.69) is 18.0 Å². The number of benzene rings is 2. The summed E-state index contributed by atoms with van der Waals surface area (Å²) in [6.45, 7) is 1.71. The number of fused-ring (bicyclic) bond motifs is 5. The Balaban J connectivity index is 2.00. The molecule has 0 aliphatic carbocycles. The standard InChI is InChI=1S/C17H17ClN2O/c1-20-9-14-12-4-2-3-5-15(12)21-16-7-6-11(18)8-13(16)17(14,19)10-20/h2-8,14H,9-10,19H2,1H3/t14-,17+/m1/s1. The molecule has 0 saturated carbocycles. The smallest absolute Gasteiger partial charge is 0.132 e. The molecule has 21 heavy (non-hydrogen) atoms. The van der Waals surface area contributed by atoms with E-state index in [0.29, 0.717) is 5.02 Å². The topological polar surface area (TPSA) is 38.5 Å². The fourth-order valence-electron chi connectivity index (χ4n) is 3.68. The summed E-state index contributed by atoms with van der Waals surface area (Å²) in [6, 6.07) is 13.9. The molecule has 108 valence electrons. The van der Waals surface area contributed by atoms with Gasteiger partial charge in [-0.1, -0.05) is 29.8 Å². The molecule has 4 heteroatoms. The van der Waals surface area contributed by atoms with Crippen molar-refractivity contribution in [1.29, 1.82) is 0 Å². The lowest BCUT2D eigenvalue weighted by Gasteiger charge is -2.30. The van der Waals surface area contributed by atoms with Gasteiger partial charge in [0.2, 0.25) is 0 Å². The fourth-order valence-corrected chi connectivity index (χ4v) is 3.85. The lowest BCUT2D eigenvalue weighted by molar-refractivity contribution is 0.366. The van der Waals surface area contributed by atoms with Crippen LogP contribution in [0.25, 0.3) is 0 Å². The van der Waals surface area contributed by atoms with E-state index in [-0.39, 0.29) is 5.92 Å². The second-order valence-corrected chi connectivity index (χ2v) is 6.51. The van der Waals surface area contributed by atoms with Gasteiger partial charge in [-0.15, -0.1) is 0 Å². The minimum absolute atomic E-state index is 0.207. The molecule has 0 spiro atoms. The van der Waals surface area contributed by atoms with Crippen LogP contribution in [0, 0.1) is 0 Å². The summed E-state index contributed by atoms with van der Waals surface area (Å²) in [5.41, 5.74) is 8.58. The molecule has 2 N–H and O–H groups in total. The number of halogens is 1. The molecule has 2 aliphatic rings. The van der Waals surface area contributed by atoms with Gasteiger partial charge in [-0.25, -0.2) is 0 Å². The molecule has 2 aliphatic heterocycles. The number of hydrogen-bond acceptors (Lipinski definition) is 3. The van der Waals surface area contributed by atoms with Crippen molar-refractivity contribution in [3.05, 3.63) is 58.6 Å². The minimum Gasteiger partial charge on any atom is -0.457 e. The molecule has 4 rings (SSSR count). The summed E-state index contributed by atoms with van der Waals surface area (Å²) in [5, 5.41) is 0.696. The third-order valence-corrected chi connectivity index (χ3v) is 4.84. The third kappa shape index (κ3) is 1.89. The van der Waals surface area contributed by atoms with Crippen molar-refractivity contribution >= 4 is 11.6 Å². The van der Waals surface area contributed by atoms with Gasteiger partial charge < -0.3 is 15.4 Å². The van der Waals surface area contributed by atoms with Crippen molar-refractivity contribution in [1.82, 2.24) is 4.90 Å². The second-order valence-electron chi connectivity index (χ2n) is 6.07. The number of para-hydroxylation sites is 1. The van der Waals surface area contributed by atoms with Crippen molar-refractivity contribution in [2.75, 3.05) is 20.1 Å². The summed E-state index contributed by atoms with van der Waals surface area (Å²) in [7, 11) is 2.11. The monoisotopic (exact) mass is 300 g/mol. The molecule has 1 saturated heterocycles. The quantitative estimate of drug-likeness (QED) is 0.811. The van der Waals surface area contributed by atoms with Crippen LogP contribution in [-0.4, -0.2) is 25.0 Å². The van der Waals surface area contributed by atoms with Gasteiger partial charge in [0.15, 0.2) is 0 Å². The molecule has 0 aromatic heterocycles. The van der Waals surface area contributed by atoms with Crippen LogP contribution in [-0.2, 0) is 5.54 Å². The van der Waals surface area contributed by atoms with E-state index in [1.165, 1.54) is 5.56 Å². The van der Waals surface area contributed by atoms with E-state index < -0.39 is 5.54 Å². The maximum Gasteiger partial charge on any atom is 0.132 e. The summed E-state index contributed by atoms with van der Waals surface area (Å²) in [4.78, 5) is 2.28. The zero-order valence-corrected chi connectivity index (χ0v) is 12.6. The van der Waals surface area contributed by atoms with Crippen molar-refractivity contribution in [3.8, 4) is 11.5 Å². The van der Waals surface area contributed by atoms with Crippen molar-refractivity contribution in [2.24, 2.45) is 5.73 Å². The van der Waals surface area contributed by atoms with Crippen LogP contribution < -0.4 is 10.5 Å². The Morgan fingerprint density at radius 2 is 2.05 bits per heavy atom. The Labute approximate surface area is 129 Å². The molecule has 2 aromatic carbocycles. The lowest BCUT2D eigenvalue weighted by atomic mass is 9.78. The number of likely N-dealkylation sites (tertiary alicyclic amines) is 1. The van der Waals surface area contributed by atoms with E-state index in [9.17, 15) is 0 Å². The molecule has 2 atom stereocenters. The fraction of sp³-hybridized carbons (Fsp3) is 0.294. The van der Waals surface area contributed by atoms with E-state index in [0.717, 1.165) is 30.2 Å². The molecule has 2 aromatic rings. The molecular formula is C17H17ClN2O. The van der Waals surface area contributed by atoms with Gasteiger partial charge >= 0.3 is 0 Å². The van der Waals surface area contributed by atoms with Crippen LogP contribution >= 0.6 is 11.6 Å². The average molecular weight is 301 g/mol. The first-order valence-electron chi connectivity index (χ1n) is 7.12. The summed E-state index contributed by atoms with van der Waals surface area (Å²) >= 11 is 6.21. The highest BCUT2D eigenvalue weighted by molar-refractivity contribution is 6.30. The second kappa shape index (κ2) is 4.47. The van der Waals surface area contributed by atoms with Gasteiger partial charge in [0.25, 0.3) is 0 Å². The molecule has 3 nitrogen and oxygen atoms in total. The summed E-state index contributed by atoms with van der Waals surface area (Å²) < 4.78 is 6.14. The van der Waals surface area contributed by atoms with E-state index >= 15 is 0 Å². The Morgan fingerprint density at radius 3 is 2.90 bits per heavy atom. The Hall–Kier alpha value is -1.55. The highest BCUT2D eigenvalue weighted by atomic mass is 35.5. The summed E-state index contributed by atoms with van der Waals surface area (Å²) in [5.74, 6) is 1.92. The van der Waals surface area contributed by atoms with Crippen LogP contribution in [0.2, 0.25) is 5.02 Å². The van der Waals surface area contributed by atoms with Gasteiger partial charge in [0.1, 0.15) is 11.5 Å². The largest absolute Gasteiger partial charge is 0.457 e. The third-order valence-electron chi connectivity index (χ3n) is 4.61. The number of ether oxygens (including phenoxy) is 1. The van der Waals surface area contributed by atoms with Crippen LogP contribution in [0.1, 0.15) is 17.0 Å². The highest BCUT2D eigenvalue weighted by Crippen LogP contribution is 2.50. The summed E-state index contributed by atoms with van der Waals surface area (Å²) in [6.07, 6.45) is 0. The number of nitrogens with two attached hydrogens (primary N) is 1. The van der Waals surface area contributed by atoms with E-state index in [1.54, 1.807) is 0 Å². The van der Waals surface area contributed by atoms with Crippen molar-refractivity contribution in [3.63, 3.8) is 0 Å². The lowest BCUT2D eigenvalue weighted by Crippen LogP contribution is -2.43. The Kier molecular flexibility index (Phi) is 2.80. The molecular weight excluding hydrogens is 284 g/mol. The van der Waals surface area contributed by atoms with E-state index in [4.69, 9.17) is 22.1 Å². The number of rotatable bonds is 0. The maximum absolute atomic E-state index is 6.87. The van der Waals surface area contributed by atoms with Crippen LogP contribution in [0.3, 0.4) is 0 Å². The normalized spacial score (nSPS) is 27.3. The molecule has 0 unspecified atom stereocenters. The first-order chi connectivity index (χ1) is 10.1. The predicted octanol–water partition coefficient (Wildman–Crippen LogP) is 3.33. The van der Waals surface area contributed by atoms with Crippen LogP contribution in [0.15, 0.2) is 42.5 Å². The van der Waals surface area contributed by atoms with Crippen molar-refractivity contribution < 1.29 is 4.74 Å². The van der Waals surface area contributed by atoms with Gasteiger partial charge in [-0.2, -0.15) is 0 Å². The van der Waals surface area contributed by atoms with Crippen LogP contribution in [0.4, 0.5) is 0 Å². The predicted molar refractivity (Wildman–Crippen MR) is 84.1 cm³/mol. The molecule has 1 fully saturated rings. The van der Waals surface area contributed by atoms with Gasteiger partial charge in [0, 0.05) is 35.2 Å². The Morgan fingerprint density at radius 1 is 1.24 bits per heavy atom. The highest BCUT2D eigenvalue weighted by Gasteiger charge is 2.48. The van der Waals surface area contributed by atoms with Gasteiger partial charge in [0.05, 0.1) is 5.54 Å². The molecule has 2 heterocycles.